The van der Waals surface area contributed by atoms with Gasteiger partial charge in [0.15, 0.2) is 6.10 Å². The number of para-hydroxylation sites is 1. The van der Waals surface area contributed by atoms with Gasteiger partial charge in [-0.3, -0.25) is 4.79 Å². The molecule has 110 valence electrons. The smallest absolute Gasteiger partial charge is 0.261 e. The molecule has 2 unspecified atom stereocenters. The van der Waals surface area contributed by atoms with E-state index in [0.29, 0.717) is 23.7 Å². The van der Waals surface area contributed by atoms with E-state index in [-0.39, 0.29) is 12.0 Å². The number of fused-ring (bicyclic) bond motifs is 1. The third-order valence-electron chi connectivity index (χ3n) is 3.97. The van der Waals surface area contributed by atoms with Crippen molar-refractivity contribution >= 4 is 21.8 Å². The van der Waals surface area contributed by atoms with E-state index in [4.69, 9.17) is 4.74 Å². The zero-order chi connectivity index (χ0) is 14.5. The number of carbonyl (C=O) groups excluding carboxylic acids is 1. The summed E-state index contributed by atoms with van der Waals surface area (Å²) in [5, 5.41) is 3.00. The van der Waals surface area contributed by atoms with Crippen LogP contribution in [-0.4, -0.2) is 23.4 Å². The van der Waals surface area contributed by atoms with Crippen molar-refractivity contribution in [1.29, 1.82) is 0 Å². The number of carbonyl (C=O) groups is 1. The largest absolute Gasteiger partial charge is 0.480 e. The van der Waals surface area contributed by atoms with Gasteiger partial charge >= 0.3 is 0 Å². The Morgan fingerprint density at radius 2 is 2.10 bits per heavy atom. The summed E-state index contributed by atoms with van der Waals surface area (Å²) in [7, 11) is 0. The first kappa shape index (κ1) is 15.4. The van der Waals surface area contributed by atoms with Crippen molar-refractivity contribution in [3.05, 3.63) is 29.8 Å². The molecule has 1 aliphatic rings. The molecule has 2 atom stereocenters. The van der Waals surface area contributed by atoms with Crippen molar-refractivity contribution in [3.63, 3.8) is 0 Å². The van der Waals surface area contributed by atoms with Crippen LogP contribution >= 0.6 is 15.9 Å². The van der Waals surface area contributed by atoms with Gasteiger partial charge in [-0.25, -0.2) is 0 Å². The second kappa shape index (κ2) is 7.11. The number of benzene rings is 1. The molecule has 0 fully saturated rings. The van der Waals surface area contributed by atoms with E-state index < -0.39 is 0 Å². The first-order chi connectivity index (χ1) is 9.65. The highest BCUT2D eigenvalue weighted by atomic mass is 79.9. The van der Waals surface area contributed by atoms with Crippen molar-refractivity contribution in [2.24, 2.45) is 5.92 Å². The Morgan fingerprint density at radius 1 is 1.40 bits per heavy atom. The molecule has 0 spiro atoms. The van der Waals surface area contributed by atoms with Crippen LogP contribution < -0.4 is 10.1 Å². The lowest BCUT2D eigenvalue weighted by Gasteiger charge is -2.20. The molecular formula is C16H22BrNO2. The lowest BCUT2D eigenvalue weighted by atomic mass is 9.99. The van der Waals surface area contributed by atoms with Crippen molar-refractivity contribution in [3.8, 4) is 5.75 Å². The Hall–Kier alpha value is -1.03. The molecule has 1 aliphatic heterocycles. The number of rotatable bonds is 6. The van der Waals surface area contributed by atoms with Crippen molar-refractivity contribution in [2.45, 2.75) is 44.0 Å². The van der Waals surface area contributed by atoms with Crippen LogP contribution in [0.5, 0.6) is 5.75 Å². The number of nitrogens with one attached hydrogen (secondary N) is 1. The molecule has 1 aromatic carbocycles. The summed E-state index contributed by atoms with van der Waals surface area (Å²) in [4.78, 5) is 12.5. The average Bonchev–Trinajstić information content (AvgIpc) is 2.90. The monoisotopic (exact) mass is 339 g/mol. The molecule has 0 aromatic heterocycles. The Morgan fingerprint density at radius 3 is 2.75 bits per heavy atom. The van der Waals surface area contributed by atoms with Crippen LogP contribution in [0, 0.1) is 5.92 Å². The second-order valence-electron chi connectivity index (χ2n) is 5.26. The summed E-state index contributed by atoms with van der Waals surface area (Å²) in [5.74, 6) is 1.41. The SMILES string of the molecule is CCC(CC)C(Br)CNC(=O)C1Cc2ccccc2O1. The standard InChI is InChI=1S/C16H22BrNO2/c1-3-11(4-2)13(17)10-18-16(19)15-9-12-7-5-6-8-14(12)20-15/h5-8,11,13,15H,3-4,9-10H2,1-2H3,(H,18,19). The number of amides is 1. The fraction of sp³-hybridized carbons (Fsp3) is 0.562. The molecule has 0 aliphatic carbocycles. The molecule has 2 rings (SSSR count). The molecule has 0 saturated carbocycles. The van der Waals surface area contributed by atoms with E-state index >= 15 is 0 Å². The summed E-state index contributed by atoms with van der Waals surface area (Å²) in [5.41, 5.74) is 1.11. The second-order valence-corrected chi connectivity index (χ2v) is 6.43. The number of ether oxygens (including phenoxy) is 1. The molecule has 1 aromatic rings. The van der Waals surface area contributed by atoms with Crippen LogP contribution in [0.3, 0.4) is 0 Å². The molecule has 0 bridgehead atoms. The van der Waals surface area contributed by atoms with Crippen molar-refractivity contribution < 1.29 is 9.53 Å². The fourth-order valence-corrected chi connectivity index (χ4v) is 3.52. The Labute approximate surface area is 129 Å². The predicted octanol–water partition coefficient (Wildman–Crippen LogP) is 3.31. The summed E-state index contributed by atoms with van der Waals surface area (Å²) >= 11 is 3.67. The van der Waals surface area contributed by atoms with Crippen LogP contribution in [0.1, 0.15) is 32.3 Å². The minimum absolute atomic E-state index is 0.0170. The minimum Gasteiger partial charge on any atom is -0.480 e. The van der Waals surface area contributed by atoms with E-state index in [0.717, 1.165) is 24.2 Å². The Balaban J connectivity index is 1.82. The van der Waals surface area contributed by atoms with Crippen molar-refractivity contribution in [2.75, 3.05) is 6.54 Å². The number of hydrogen-bond donors (Lipinski definition) is 1. The van der Waals surface area contributed by atoms with E-state index in [1.165, 1.54) is 0 Å². The van der Waals surface area contributed by atoms with Gasteiger partial charge in [0.1, 0.15) is 5.75 Å². The maximum absolute atomic E-state index is 12.2. The summed E-state index contributed by atoms with van der Waals surface area (Å²) in [6, 6.07) is 7.84. The lowest BCUT2D eigenvalue weighted by Crippen LogP contribution is -2.41. The summed E-state index contributed by atoms with van der Waals surface area (Å²) < 4.78 is 5.69. The summed E-state index contributed by atoms with van der Waals surface area (Å²) in [6.07, 6.45) is 2.52. The van der Waals surface area contributed by atoms with Gasteiger partial charge in [0, 0.05) is 17.8 Å². The van der Waals surface area contributed by atoms with E-state index in [1.54, 1.807) is 0 Å². The molecule has 3 nitrogen and oxygen atoms in total. The van der Waals surface area contributed by atoms with Gasteiger partial charge in [-0.05, 0) is 17.5 Å². The molecule has 1 heterocycles. The Kier molecular flexibility index (Phi) is 5.46. The molecule has 1 N–H and O–H groups in total. The molecular weight excluding hydrogens is 318 g/mol. The fourth-order valence-electron chi connectivity index (χ4n) is 2.61. The first-order valence-electron chi connectivity index (χ1n) is 7.32. The van der Waals surface area contributed by atoms with E-state index in [9.17, 15) is 4.79 Å². The van der Waals surface area contributed by atoms with Gasteiger partial charge in [0.05, 0.1) is 0 Å². The van der Waals surface area contributed by atoms with Gasteiger partial charge in [0.2, 0.25) is 0 Å². The maximum atomic E-state index is 12.2. The Bertz CT molecular complexity index is 435. The van der Waals surface area contributed by atoms with Crippen molar-refractivity contribution in [1.82, 2.24) is 5.32 Å². The number of hydrogen-bond acceptors (Lipinski definition) is 2. The molecule has 0 saturated heterocycles. The molecule has 1 amide bonds. The van der Waals surface area contributed by atoms with Gasteiger partial charge < -0.3 is 10.1 Å². The summed E-state index contributed by atoms with van der Waals surface area (Å²) in [6.45, 7) is 5.02. The van der Waals surface area contributed by atoms with Crippen LogP contribution in [0.4, 0.5) is 0 Å². The van der Waals surface area contributed by atoms with E-state index in [1.807, 2.05) is 24.3 Å². The van der Waals surface area contributed by atoms with Crippen LogP contribution in [0.15, 0.2) is 24.3 Å². The van der Waals surface area contributed by atoms with Gasteiger partial charge in [-0.15, -0.1) is 0 Å². The third-order valence-corrected chi connectivity index (χ3v) is 5.04. The molecule has 4 heteroatoms. The van der Waals surface area contributed by atoms with Crippen LogP contribution in [-0.2, 0) is 11.2 Å². The highest BCUT2D eigenvalue weighted by molar-refractivity contribution is 9.09. The highest BCUT2D eigenvalue weighted by Gasteiger charge is 2.29. The van der Waals surface area contributed by atoms with Crippen LogP contribution in [0.25, 0.3) is 0 Å². The van der Waals surface area contributed by atoms with E-state index in [2.05, 4.69) is 35.1 Å². The first-order valence-corrected chi connectivity index (χ1v) is 8.23. The molecule has 0 radical (unpaired) electrons. The number of halogens is 1. The number of alkyl halides is 1. The third kappa shape index (κ3) is 3.54. The maximum Gasteiger partial charge on any atom is 0.261 e. The quantitative estimate of drug-likeness (QED) is 0.807. The zero-order valence-electron chi connectivity index (χ0n) is 12.1. The normalized spacial score (nSPS) is 18.5. The van der Waals surface area contributed by atoms with Gasteiger partial charge in [-0.2, -0.15) is 0 Å². The van der Waals surface area contributed by atoms with Gasteiger partial charge in [-0.1, -0.05) is 60.8 Å². The minimum atomic E-state index is -0.381. The lowest BCUT2D eigenvalue weighted by molar-refractivity contribution is -0.127. The molecule has 20 heavy (non-hydrogen) atoms. The zero-order valence-corrected chi connectivity index (χ0v) is 13.7. The average molecular weight is 340 g/mol. The topological polar surface area (TPSA) is 38.3 Å². The van der Waals surface area contributed by atoms with Crippen LogP contribution in [0.2, 0.25) is 0 Å². The van der Waals surface area contributed by atoms with Gasteiger partial charge in [0.25, 0.3) is 5.91 Å². The predicted molar refractivity (Wildman–Crippen MR) is 84.4 cm³/mol. The highest BCUT2D eigenvalue weighted by Crippen LogP contribution is 2.28.